The summed E-state index contributed by atoms with van der Waals surface area (Å²) < 4.78 is 6.10. The van der Waals surface area contributed by atoms with Crippen molar-refractivity contribution in [2.45, 2.75) is 70.6 Å². The standard InChI is InChI=1S/C15H30N2O/c1-4-15(5-2)11-14(7-10-18-15)17-9-6-8-16-13(3)12-17/h13-14,16H,4-12H2,1-3H3. The van der Waals surface area contributed by atoms with Crippen LogP contribution in [0.3, 0.4) is 0 Å². The molecule has 3 nitrogen and oxygen atoms in total. The van der Waals surface area contributed by atoms with E-state index in [2.05, 4.69) is 31.0 Å². The summed E-state index contributed by atoms with van der Waals surface area (Å²) in [6.45, 7) is 11.4. The molecule has 2 heterocycles. The van der Waals surface area contributed by atoms with Crippen LogP contribution in [0.25, 0.3) is 0 Å². The van der Waals surface area contributed by atoms with Crippen LogP contribution in [-0.4, -0.2) is 48.8 Å². The first-order valence-corrected chi connectivity index (χ1v) is 7.80. The van der Waals surface area contributed by atoms with Crippen LogP contribution in [0.4, 0.5) is 0 Å². The minimum atomic E-state index is 0.159. The summed E-state index contributed by atoms with van der Waals surface area (Å²) in [5.41, 5.74) is 0.159. The first-order chi connectivity index (χ1) is 8.69. The second kappa shape index (κ2) is 6.36. The van der Waals surface area contributed by atoms with E-state index in [-0.39, 0.29) is 5.60 Å². The Morgan fingerprint density at radius 1 is 1.33 bits per heavy atom. The minimum absolute atomic E-state index is 0.159. The van der Waals surface area contributed by atoms with E-state index in [0.717, 1.165) is 25.5 Å². The second-order valence-electron chi connectivity index (χ2n) is 6.09. The molecule has 2 aliphatic rings. The van der Waals surface area contributed by atoms with Crippen LogP contribution in [0.2, 0.25) is 0 Å². The predicted octanol–water partition coefficient (Wildman–Crippen LogP) is 2.41. The van der Waals surface area contributed by atoms with Gasteiger partial charge in [0.1, 0.15) is 0 Å². The fraction of sp³-hybridized carbons (Fsp3) is 1.00. The Hall–Kier alpha value is -0.120. The normalized spacial score (nSPS) is 34.2. The van der Waals surface area contributed by atoms with Gasteiger partial charge in [0.2, 0.25) is 0 Å². The van der Waals surface area contributed by atoms with Crippen LogP contribution in [0.5, 0.6) is 0 Å². The molecular weight excluding hydrogens is 224 g/mol. The maximum absolute atomic E-state index is 6.10. The lowest BCUT2D eigenvalue weighted by Crippen LogP contribution is -2.50. The van der Waals surface area contributed by atoms with Crippen molar-refractivity contribution in [2.24, 2.45) is 0 Å². The number of hydrogen-bond acceptors (Lipinski definition) is 3. The van der Waals surface area contributed by atoms with E-state index in [4.69, 9.17) is 4.74 Å². The maximum atomic E-state index is 6.10. The van der Waals surface area contributed by atoms with Crippen molar-refractivity contribution in [2.75, 3.05) is 26.2 Å². The zero-order valence-corrected chi connectivity index (χ0v) is 12.4. The van der Waals surface area contributed by atoms with Crippen molar-refractivity contribution in [3.63, 3.8) is 0 Å². The molecule has 0 amide bonds. The Labute approximate surface area is 112 Å². The smallest absolute Gasteiger partial charge is 0.0692 e. The van der Waals surface area contributed by atoms with E-state index in [0.29, 0.717) is 6.04 Å². The van der Waals surface area contributed by atoms with Gasteiger partial charge in [-0.3, -0.25) is 4.90 Å². The Morgan fingerprint density at radius 2 is 2.11 bits per heavy atom. The van der Waals surface area contributed by atoms with Gasteiger partial charge < -0.3 is 10.1 Å². The van der Waals surface area contributed by atoms with Gasteiger partial charge in [-0.2, -0.15) is 0 Å². The monoisotopic (exact) mass is 254 g/mol. The van der Waals surface area contributed by atoms with E-state index >= 15 is 0 Å². The van der Waals surface area contributed by atoms with Crippen LogP contribution >= 0.6 is 0 Å². The summed E-state index contributed by atoms with van der Waals surface area (Å²) in [5, 5.41) is 3.59. The van der Waals surface area contributed by atoms with Gasteiger partial charge in [-0.25, -0.2) is 0 Å². The molecular formula is C15H30N2O. The van der Waals surface area contributed by atoms with Crippen LogP contribution in [-0.2, 0) is 4.74 Å². The summed E-state index contributed by atoms with van der Waals surface area (Å²) in [6, 6.07) is 1.37. The molecule has 3 heteroatoms. The largest absolute Gasteiger partial charge is 0.375 e. The Morgan fingerprint density at radius 3 is 2.83 bits per heavy atom. The molecule has 0 aromatic heterocycles. The summed E-state index contributed by atoms with van der Waals surface area (Å²) in [4.78, 5) is 2.72. The van der Waals surface area contributed by atoms with E-state index in [1.807, 2.05) is 0 Å². The highest BCUT2D eigenvalue weighted by molar-refractivity contribution is 4.90. The van der Waals surface area contributed by atoms with Gasteiger partial charge in [-0.15, -0.1) is 0 Å². The SMILES string of the molecule is CCC1(CC)CC(N2CCCNC(C)C2)CCO1. The van der Waals surface area contributed by atoms with Crippen molar-refractivity contribution >= 4 is 0 Å². The third kappa shape index (κ3) is 3.25. The van der Waals surface area contributed by atoms with Gasteiger partial charge in [-0.05, 0) is 52.1 Å². The zero-order valence-electron chi connectivity index (χ0n) is 12.4. The van der Waals surface area contributed by atoms with Crippen molar-refractivity contribution in [1.82, 2.24) is 10.2 Å². The Bertz CT molecular complexity index is 253. The van der Waals surface area contributed by atoms with Gasteiger partial charge in [-0.1, -0.05) is 13.8 Å². The van der Waals surface area contributed by atoms with Gasteiger partial charge >= 0.3 is 0 Å². The van der Waals surface area contributed by atoms with Crippen molar-refractivity contribution < 1.29 is 4.74 Å². The Balaban J connectivity index is 1.98. The molecule has 2 atom stereocenters. The number of ether oxygens (including phenoxy) is 1. The van der Waals surface area contributed by atoms with Crippen LogP contribution in [0, 0.1) is 0 Å². The molecule has 0 aliphatic carbocycles. The van der Waals surface area contributed by atoms with E-state index in [1.165, 1.54) is 38.9 Å². The lowest BCUT2D eigenvalue weighted by atomic mass is 9.85. The van der Waals surface area contributed by atoms with Crippen LogP contribution in [0.1, 0.15) is 52.9 Å². The number of nitrogens with zero attached hydrogens (tertiary/aromatic N) is 1. The topological polar surface area (TPSA) is 24.5 Å². The van der Waals surface area contributed by atoms with Crippen LogP contribution in [0.15, 0.2) is 0 Å². The lowest BCUT2D eigenvalue weighted by Gasteiger charge is -2.44. The maximum Gasteiger partial charge on any atom is 0.0692 e. The molecule has 2 aliphatic heterocycles. The average molecular weight is 254 g/mol. The highest BCUT2D eigenvalue weighted by Crippen LogP contribution is 2.33. The molecule has 0 aromatic rings. The van der Waals surface area contributed by atoms with Gasteiger partial charge in [0, 0.05) is 25.2 Å². The van der Waals surface area contributed by atoms with Crippen LogP contribution < -0.4 is 5.32 Å². The Kier molecular flexibility index (Phi) is 5.05. The molecule has 106 valence electrons. The molecule has 2 rings (SSSR count). The number of nitrogens with one attached hydrogen (secondary N) is 1. The molecule has 0 saturated carbocycles. The molecule has 18 heavy (non-hydrogen) atoms. The van der Waals surface area contributed by atoms with Crippen molar-refractivity contribution in [3.8, 4) is 0 Å². The summed E-state index contributed by atoms with van der Waals surface area (Å²) in [6.07, 6.45) is 6.04. The van der Waals surface area contributed by atoms with E-state index in [9.17, 15) is 0 Å². The fourth-order valence-corrected chi connectivity index (χ4v) is 3.53. The molecule has 2 fully saturated rings. The fourth-order valence-electron chi connectivity index (χ4n) is 3.53. The third-order valence-electron chi connectivity index (χ3n) is 4.90. The van der Waals surface area contributed by atoms with Crippen molar-refractivity contribution in [3.05, 3.63) is 0 Å². The molecule has 2 unspecified atom stereocenters. The zero-order chi connectivity index (χ0) is 13.0. The molecule has 1 N–H and O–H groups in total. The lowest BCUT2D eigenvalue weighted by molar-refractivity contribution is -0.110. The predicted molar refractivity (Wildman–Crippen MR) is 75.9 cm³/mol. The van der Waals surface area contributed by atoms with E-state index in [1.54, 1.807) is 0 Å². The van der Waals surface area contributed by atoms with Gasteiger partial charge in [0.05, 0.1) is 5.60 Å². The first kappa shape index (κ1) is 14.3. The summed E-state index contributed by atoms with van der Waals surface area (Å²) >= 11 is 0. The highest BCUT2D eigenvalue weighted by Gasteiger charge is 2.37. The minimum Gasteiger partial charge on any atom is -0.375 e. The second-order valence-corrected chi connectivity index (χ2v) is 6.09. The molecule has 2 saturated heterocycles. The quantitative estimate of drug-likeness (QED) is 0.837. The first-order valence-electron chi connectivity index (χ1n) is 7.80. The third-order valence-corrected chi connectivity index (χ3v) is 4.90. The summed E-state index contributed by atoms with van der Waals surface area (Å²) in [7, 11) is 0. The average Bonchev–Trinajstić information content (AvgIpc) is 2.63. The molecule has 0 bridgehead atoms. The highest BCUT2D eigenvalue weighted by atomic mass is 16.5. The number of hydrogen-bond donors (Lipinski definition) is 1. The molecule has 0 spiro atoms. The van der Waals surface area contributed by atoms with Gasteiger partial charge in [0.25, 0.3) is 0 Å². The molecule has 0 aromatic carbocycles. The van der Waals surface area contributed by atoms with Crippen molar-refractivity contribution in [1.29, 1.82) is 0 Å². The summed E-state index contributed by atoms with van der Waals surface area (Å²) in [5.74, 6) is 0. The number of rotatable bonds is 3. The van der Waals surface area contributed by atoms with E-state index < -0.39 is 0 Å². The van der Waals surface area contributed by atoms with Gasteiger partial charge in [0.15, 0.2) is 0 Å². The molecule has 0 radical (unpaired) electrons.